The normalized spacial score (nSPS) is 37.8. The van der Waals surface area contributed by atoms with Crippen molar-refractivity contribution in [2.45, 2.75) is 106 Å². The van der Waals surface area contributed by atoms with Gasteiger partial charge in [-0.25, -0.2) is 0 Å². The molecule has 1 aromatic heterocycles. The molecule has 15 atom stereocenters. The Balaban J connectivity index is 1.20. The van der Waals surface area contributed by atoms with Crippen LogP contribution in [-0.2, 0) is 23.7 Å². The number of fused-ring (bicyclic) bond motifs is 1. The van der Waals surface area contributed by atoms with Crippen molar-refractivity contribution in [1.29, 1.82) is 0 Å². The molecule has 0 unspecified atom stereocenters. The first kappa shape index (κ1) is 38.8. The number of rotatable bonds is 8. The monoisotopic (exact) mass is 756 g/mol. The minimum Gasteiger partial charge on any atom is -0.508 e. The van der Waals surface area contributed by atoms with Gasteiger partial charge in [-0.2, -0.15) is 0 Å². The number of phenolic OH excluding ortho intramolecular Hbond substituents is 4. The lowest BCUT2D eigenvalue weighted by molar-refractivity contribution is -0.357. The minimum atomic E-state index is -2.03. The molecule has 0 amide bonds. The van der Waals surface area contributed by atoms with Crippen LogP contribution in [0.3, 0.4) is 0 Å². The smallest absolute Gasteiger partial charge is 0.239 e. The summed E-state index contributed by atoms with van der Waals surface area (Å²) in [6.45, 7) is 2.16. The molecule has 3 aliphatic rings. The van der Waals surface area contributed by atoms with Crippen molar-refractivity contribution in [3.05, 3.63) is 40.6 Å². The molecule has 3 aromatic rings. The van der Waals surface area contributed by atoms with Gasteiger partial charge in [0, 0.05) is 17.7 Å². The van der Waals surface area contributed by atoms with Crippen molar-refractivity contribution >= 4 is 11.0 Å². The van der Waals surface area contributed by atoms with Gasteiger partial charge >= 0.3 is 0 Å². The SMILES string of the molecule is C[C@H]1O[C@H](O[C@@H]2[C@H](O)[C@H](O)[C@@H](OC[C@@H]3O[C@H](Oc4c(-c5ccc(O)c(O)c5)oc5cc(O)cc(O)c5c4=O)[C@@H](O)[C@H](O)[C@@H]3O)O[C@@H]2C)[C@@H](O)[C@@H](O)[C@@H]1O. The summed E-state index contributed by atoms with van der Waals surface area (Å²) in [5.74, 6) is -3.50. The lowest BCUT2D eigenvalue weighted by Crippen LogP contribution is -2.63. The maximum Gasteiger partial charge on any atom is 0.239 e. The lowest BCUT2D eigenvalue weighted by Gasteiger charge is -2.46. The van der Waals surface area contributed by atoms with E-state index in [1.54, 1.807) is 0 Å². The zero-order valence-corrected chi connectivity index (χ0v) is 27.9. The van der Waals surface area contributed by atoms with Crippen LogP contribution in [-0.4, -0.2) is 160 Å². The number of hydrogen-bond donors (Lipinski definition) is 12. The van der Waals surface area contributed by atoms with E-state index in [9.17, 15) is 66.1 Å². The summed E-state index contributed by atoms with van der Waals surface area (Å²) in [6.07, 6.45) is -24.2. The standard InChI is InChI=1S/C33H40O20/c1-9-19(38)22(41)25(44)32(48-9)52-28-10(2)49-31(27(46)24(28)43)47-8-17-20(39)23(42)26(45)33(51-17)53-30-21(40)18-15(37)6-12(34)7-16(18)50-29(30)11-3-4-13(35)14(36)5-11/h3-7,9-10,17,19-20,22-28,31-39,41-46H,8H2,1-2H3/t9-,10-,17+,19-,20-,22+,23-,24-,25+,26+,27+,28+,31+,32-,33-/m1/s1. The number of hydrogen-bond acceptors (Lipinski definition) is 20. The summed E-state index contributed by atoms with van der Waals surface area (Å²) in [6, 6.07) is 5.16. The van der Waals surface area contributed by atoms with Gasteiger partial charge in [-0.1, -0.05) is 0 Å². The first-order valence-corrected chi connectivity index (χ1v) is 16.4. The van der Waals surface area contributed by atoms with Crippen molar-refractivity contribution in [2.75, 3.05) is 6.61 Å². The highest BCUT2D eigenvalue weighted by molar-refractivity contribution is 5.88. The summed E-state index contributed by atoms with van der Waals surface area (Å²) in [4.78, 5) is 13.7. The zero-order valence-electron chi connectivity index (χ0n) is 27.9. The Morgan fingerprint density at radius 1 is 0.642 bits per heavy atom. The average Bonchev–Trinajstić information content (AvgIpc) is 3.11. The van der Waals surface area contributed by atoms with E-state index in [0.717, 1.165) is 24.3 Å². The highest BCUT2D eigenvalue weighted by Gasteiger charge is 2.51. The molecule has 3 saturated heterocycles. The second kappa shape index (κ2) is 15.1. The molecule has 0 spiro atoms. The molecule has 20 nitrogen and oxygen atoms in total. The third-order valence-electron chi connectivity index (χ3n) is 9.36. The maximum atomic E-state index is 13.7. The Kier molecular flexibility index (Phi) is 11.1. The average molecular weight is 757 g/mol. The summed E-state index contributed by atoms with van der Waals surface area (Å²) in [5, 5.41) is 124. The Morgan fingerprint density at radius 3 is 1.98 bits per heavy atom. The molecule has 2 aromatic carbocycles. The van der Waals surface area contributed by atoms with E-state index in [2.05, 4.69) is 0 Å². The highest BCUT2D eigenvalue weighted by atomic mass is 16.7. The van der Waals surface area contributed by atoms with E-state index in [1.165, 1.54) is 19.9 Å². The molecule has 292 valence electrons. The van der Waals surface area contributed by atoms with Crippen LogP contribution >= 0.6 is 0 Å². The van der Waals surface area contributed by atoms with E-state index in [4.69, 9.17) is 32.8 Å². The van der Waals surface area contributed by atoms with E-state index >= 15 is 0 Å². The number of aliphatic hydroxyl groups is 8. The third-order valence-corrected chi connectivity index (χ3v) is 9.36. The van der Waals surface area contributed by atoms with Crippen LogP contribution in [0.2, 0.25) is 0 Å². The first-order valence-electron chi connectivity index (χ1n) is 16.4. The Hall–Kier alpha value is -3.87. The second-order valence-corrected chi connectivity index (χ2v) is 13.1. The van der Waals surface area contributed by atoms with Crippen LogP contribution in [0.5, 0.6) is 28.7 Å². The van der Waals surface area contributed by atoms with Crippen LogP contribution in [0, 0.1) is 0 Å². The van der Waals surface area contributed by atoms with Gasteiger partial charge in [-0.05, 0) is 32.0 Å². The fourth-order valence-electron chi connectivity index (χ4n) is 6.30. The van der Waals surface area contributed by atoms with Crippen molar-refractivity contribution in [1.82, 2.24) is 0 Å². The van der Waals surface area contributed by atoms with E-state index < -0.39 is 144 Å². The van der Waals surface area contributed by atoms with Gasteiger partial charge < -0.3 is 94.1 Å². The van der Waals surface area contributed by atoms with Gasteiger partial charge in [-0.3, -0.25) is 4.79 Å². The number of benzene rings is 2. The van der Waals surface area contributed by atoms with Gasteiger partial charge in [0.25, 0.3) is 0 Å². The number of phenols is 4. The Bertz CT molecular complexity index is 1830. The first-order chi connectivity index (χ1) is 25.0. The van der Waals surface area contributed by atoms with Crippen molar-refractivity contribution < 1.29 is 94.1 Å². The molecule has 3 fully saturated rings. The molecule has 0 radical (unpaired) electrons. The highest BCUT2D eigenvalue weighted by Crippen LogP contribution is 2.40. The van der Waals surface area contributed by atoms with E-state index in [1.807, 2.05) is 0 Å². The van der Waals surface area contributed by atoms with E-state index in [-0.39, 0.29) is 11.1 Å². The minimum absolute atomic E-state index is 0.0610. The predicted octanol–water partition coefficient (Wildman–Crippen LogP) is -2.84. The molecule has 0 aliphatic carbocycles. The van der Waals surface area contributed by atoms with E-state index in [0.29, 0.717) is 0 Å². The summed E-state index contributed by atoms with van der Waals surface area (Å²) < 4.78 is 39.5. The second-order valence-electron chi connectivity index (χ2n) is 13.1. The molecular formula is C33H40O20. The summed E-state index contributed by atoms with van der Waals surface area (Å²) >= 11 is 0. The predicted molar refractivity (Wildman–Crippen MR) is 171 cm³/mol. The number of aliphatic hydroxyl groups excluding tert-OH is 8. The molecular weight excluding hydrogens is 716 g/mol. The molecule has 6 rings (SSSR count). The third kappa shape index (κ3) is 7.34. The van der Waals surface area contributed by atoms with Crippen LogP contribution in [0.1, 0.15) is 13.8 Å². The lowest BCUT2D eigenvalue weighted by atomic mass is 9.97. The molecule has 20 heteroatoms. The van der Waals surface area contributed by atoms with Gasteiger partial charge in [0.05, 0.1) is 18.8 Å². The van der Waals surface area contributed by atoms with Crippen molar-refractivity contribution in [3.8, 4) is 40.1 Å². The number of ether oxygens (including phenoxy) is 6. The van der Waals surface area contributed by atoms with Crippen LogP contribution in [0.4, 0.5) is 0 Å². The summed E-state index contributed by atoms with van der Waals surface area (Å²) in [5.41, 5.74) is -1.44. The van der Waals surface area contributed by atoms with Gasteiger partial charge in [0.15, 0.2) is 29.8 Å². The van der Waals surface area contributed by atoms with Gasteiger partial charge in [-0.15, -0.1) is 0 Å². The van der Waals surface area contributed by atoms with Crippen LogP contribution in [0.25, 0.3) is 22.3 Å². The van der Waals surface area contributed by atoms with Crippen molar-refractivity contribution in [3.63, 3.8) is 0 Å². The molecule has 3 aliphatic heterocycles. The molecule has 4 heterocycles. The molecule has 53 heavy (non-hydrogen) atoms. The fourth-order valence-corrected chi connectivity index (χ4v) is 6.30. The Morgan fingerprint density at radius 2 is 1.28 bits per heavy atom. The van der Waals surface area contributed by atoms with Crippen LogP contribution < -0.4 is 10.2 Å². The molecule has 0 saturated carbocycles. The Labute approximate surface area is 298 Å². The topological polar surface area (TPSA) is 328 Å². The fraction of sp³-hybridized carbons (Fsp3) is 0.545. The quantitative estimate of drug-likeness (QED) is 0.103. The molecule has 12 N–H and O–H groups in total. The summed E-state index contributed by atoms with van der Waals surface area (Å²) in [7, 11) is 0. The molecule has 0 bridgehead atoms. The van der Waals surface area contributed by atoms with Crippen LogP contribution in [0.15, 0.2) is 39.5 Å². The van der Waals surface area contributed by atoms with Gasteiger partial charge in [0.1, 0.15) is 83.5 Å². The van der Waals surface area contributed by atoms with Crippen molar-refractivity contribution in [2.24, 2.45) is 0 Å². The zero-order chi connectivity index (χ0) is 38.6. The van der Waals surface area contributed by atoms with Gasteiger partial charge in [0.2, 0.25) is 17.5 Å². The number of aromatic hydroxyl groups is 4. The maximum absolute atomic E-state index is 13.7. The largest absolute Gasteiger partial charge is 0.508 e.